The second kappa shape index (κ2) is 8.41. The van der Waals surface area contributed by atoms with Crippen LogP contribution in [0.3, 0.4) is 0 Å². The number of hydrogen-bond donors (Lipinski definition) is 2. The van der Waals surface area contributed by atoms with Crippen molar-refractivity contribution in [2.75, 3.05) is 11.9 Å². The molecule has 0 saturated heterocycles. The van der Waals surface area contributed by atoms with Crippen molar-refractivity contribution in [1.29, 1.82) is 0 Å². The van der Waals surface area contributed by atoms with Crippen molar-refractivity contribution in [3.05, 3.63) is 63.2 Å². The number of halogens is 1. The molecule has 0 bridgehead atoms. The normalized spacial score (nSPS) is 10.0. The second-order valence-electron chi connectivity index (χ2n) is 4.95. The number of rotatable bonds is 5. The lowest BCUT2D eigenvalue weighted by atomic mass is 10.2. The molecule has 0 radical (unpaired) electrons. The molecular weight excluding hydrogens is 366 g/mol. The summed E-state index contributed by atoms with van der Waals surface area (Å²) < 4.78 is 5.25. The van der Waals surface area contributed by atoms with Crippen molar-refractivity contribution >= 4 is 46.2 Å². The molecule has 0 atom stereocenters. The van der Waals surface area contributed by atoms with Crippen molar-refractivity contribution in [3.63, 3.8) is 0 Å². The Morgan fingerprint density at radius 1 is 1.28 bits per heavy atom. The monoisotopic (exact) mass is 379 g/mol. The molecule has 0 aliphatic rings. The third kappa shape index (κ3) is 5.40. The number of thiocarbonyl (C=S) groups is 1. The van der Waals surface area contributed by atoms with E-state index in [1.807, 2.05) is 6.92 Å². The van der Waals surface area contributed by atoms with Gasteiger partial charge >= 0.3 is 0 Å². The first-order valence-corrected chi connectivity index (χ1v) is 7.88. The van der Waals surface area contributed by atoms with Gasteiger partial charge in [0.2, 0.25) is 0 Å². The summed E-state index contributed by atoms with van der Waals surface area (Å²) in [5.74, 6) is -0.124. The zero-order valence-electron chi connectivity index (χ0n) is 13.1. The van der Waals surface area contributed by atoms with E-state index < -0.39 is 10.8 Å². The SMILES string of the molecule is Cc1c(Cl)cccc1NC(=S)NC(=O)COc1ccc([N+](=O)[O-])cc1. The average Bonchev–Trinajstić information content (AvgIpc) is 2.57. The molecule has 1 amide bonds. The van der Waals surface area contributed by atoms with Gasteiger partial charge in [-0.15, -0.1) is 0 Å². The van der Waals surface area contributed by atoms with Crippen LogP contribution >= 0.6 is 23.8 Å². The third-order valence-corrected chi connectivity index (χ3v) is 3.80. The summed E-state index contributed by atoms with van der Waals surface area (Å²) >= 11 is 11.1. The van der Waals surface area contributed by atoms with Crippen LogP contribution in [0, 0.1) is 17.0 Å². The maximum absolute atomic E-state index is 11.8. The molecule has 7 nitrogen and oxygen atoms in total. The molecule has 25 heavy (non-hydrogen) atoms. The molecule has 0 heterocycles. The summed E-state index contributed by atoms with van der Waals surface area (Å²) in [6.07, 6.45) is 0. The Balaban J connectivity index is 1.84. The lowest BCUT2D eigenvalue weighted by Crippen LogP contribution is -2.37. The number of nitrogens with zero attached hydrogens (tertiary/aromatic N) is 1. The van der Waals surface area contributed by atoms with Crippen LogP contribution in [0.5, 0.6) is 5.75 Å². The highest BCUT2D eigenvalue weighted by molar-refractivity contribution is 7.80. The van der Waals surface area contributed by atoms with Gasteiger partial charge in [0.05, 0.1) is 4.92 Å². The summed E-state index contributed by atoms with van der Waals surface area (Å²) in [4.78, 5) is 21.9. The maximum Gasteiger partial charge on any atom is 0.269 e. The molecule has 0 fully saturated rings. The van der Waals surface area contributed by atoms with Gasteiger partial charge in [0.1, 0.15) is 5.75 Å². The first kappa shape index (κ1) is 18.6. The summed E-state index contributed by atoms with van der Waals surface area (Å²) in [6, 6.07) is 10.7. The fourth-order valence-corrected chi connectivity index (χ4v) is 2.27. The van der Waals surface area contributed by atoms with Crippen LogP contribution < -0.4 is 15.4 Å². The highest BCUT2D eigenvalue weighted by Gasteiger charge is 2.09. The van der Waals surface area contributed by atoms with Gasteiger partial charge in [-0.1, -0.05) is 17.7 Å². The molecule has 2 rings (SSSR count). The molecule has 0 aromatic heterocycles. The summed E-state index contributed by atoms with van der Waals surface area (Å²) in [6.45, 7) is 1.54. The summed E-state index contributed by atoms with van der Waals surface area (Å²) in [5, 5.41) is 16.6. The molecule has 2 aromatic carbocycles. The number of benzene rings is 2. The van der Waals surface area contributed by atoms with Crippen molar-refractivity contribution in [3.8, 4) is 5.75 Å². The highest BCUT2D eigenvalue weighted by atomic mass is 35.5. The smallest absolute Gasteiger partial charge is 0.269 e. The number of ether oxygens (including phenoxy) is 1. The number of carbonyl (C=O) groups excluding carboxylic acids is 1. The molecule has 0 saturated carbocycles. The van der Waals surface area contributed by atoms with Gasteiger partial charge in [-0.05, 0) is 49.0 Å². The predicted molar refractivity (Wildman–Crippen MR) is 99.1 cm³/mol. The molecular formula is C16H14ClN3O4S. The fourth-order valence-electron chi connectivity index (χ4n) is 1.87. The van der Waals surface area contributed by atoms with Crippen LogP contribution in [-0.4, -0.2) is 22.5 Å². The molecule has 2 aromatic rings. The van der Waals surface area contributed by atoms with Gasteiger partial charge in [-0.3, -0.25) is 20.2 Å². The highest BCUT2D eigenvalue weighted by Crippen LogP contribution is 2.22. The van der Waals surface area contributed by atoms with Gasteiger partial charge < -0.3 is 10.1 Å². The van der Waals surface area contributed by atoms with E-state index in [-0.39, 0.29) is 17.4 Å². The molecule has 130 valence electrons. The zero-order valence-corrected chi connectivity index (χ0v) is 14.7. The second-order valence-corrected chi connectivity index (χ2v) is 5.77. The molecule has 0 spiro atoms. The number of hydrogen-bond acceptors (Lipinski definition) is 5. The number of nitrogens with one attached hydrogen (secondary N) is 2. The standard InChI is InChI=1S/C16H14ClN3O4S/c1-10-13(17)3-2-4-14(10)18-16(25)19-15(21)9-24-12-7-5-11(6-8-12)20(22)23/h2-8H,9H2,1H3,(H2,18,19,21,25). The first-order valence-electron chi connectivity index (χ1n) is 7.10. The van der Waals surface area contributed by atoms with E-state index >= 15 is 0 Å². The van der Waals surface area contributed by atoms with Gasteiger partial charge in [-0.25, -0.2) is 0 Å². The number of nitro groups is 1. The lowest BCUT2D eigenvalue weighted by molar-refractivity contribution is -0.384. The Hall–Kier alpha value is -2.71. The summed E-state index contributed by atoms with van der Waals surface area (Å²) in [7, 11) is 0. The van der Waals surface area contributed by atoms with Crippen molar-refractivity contribution in [1.82, 2.24) is 5.32 Å². The average molecular weight is 380 g/mol. The minimum absolute atomic E-state index is 0.0564. The Bertz CT molecular complexity index is 812. The van der Waals surface area contributed by atoms with Crippen LogP contribution in [0.4, 0.5) is 11.4 Å². The van der Waals surface area contributed by atoms with E-state index in [1.54, 1.807) is 18.2 Å². The van der Waals surface area contributed by atoms with E-state index in [4.69, 9.17) is 28.6 Å². The lowest BCUT2D eigenvalue weighted by Gasteiger charge is -2.12. The third-order valence-electron chi connectivity index (χ3n) is 3.19. The van der Waals surface area contributed by atoms with Crippen LogP contribution in [0.15, 0.2) is 42.5 Å². The molecule has 0 aliphatic heterocycles. The Morgan fingerprint density at radius 2 is 1.96 bits per heavy atom. The Labute approximate surface area is 154 Å². The zero-order chi connectivity index (χ0) is 18.4. The number of anilines is 1. The number of carbonyl (C=O) groups is 1. The molecule has 0 unspecified atom stereocenters. The van der Waals surface area contributed by atoms with E-state index in [9.17, 15) is 14.9 Å². The summed E-state index contributed by atoms with van der Waals surface area (Å²) in [5.41, 5.74) is 1.44. The number of nitro benzene ring substituents is 1. The van der Waals surface area contributed by atoms with Crippen LogP contribution in [0.1, 0.15) is 5.56 Å². The first-order chi connectivity index (χ1) is 11.9. The van der Waals surface area contributed by atoms with Crippen LogP contribution in [0.25, 0.3) is 0 Å². The van der Waals surface area contributed by atoms with E-state index in [2.05, 4.69) is 10.6 Å². The van der Waals surface area contributed by atoms with Gasteiger partial charge in [0.25, 0.3) is 11.6 Å². The Kier molecular flexibility index (Phi) is 6.26. The van der Waals surface area contributed by atoms with Gasteiger partial charge in [0, 0.05) is 22.8 Å². The van der Waals surface area contributed by atoms with E-state index in [0.29, 0.717) is 16.5 Å². The molecule has 9 heteroatoms. The number of amides is 1. The quantitative estimate of drug-likeness (QED) is 0.469. The van der Waals surface area contributed by atoms with Gasteiger partial charge in [0.15, 0.2) is 11.7 Å². The van der Waals surface area contributed by atoms with E-state index in [0.717, 1.165) is 5.56 Å². The fraction of sp³-hybridized carbons (Fsp3) is 0.125. The Morgan fingerprint density at radius 3 is 2.60 bits per heavy atom. The van der Waals surface area contributed by atoms with Crippen molar-refractivity contribution in [2.24, 2.45) is 0 Å². The number of non-ortho nitro benzene ring substituents is 1. The van der Waals surface area contributed by atoms with Crippen molar-refractivity contribution in [2.45, 2.75) is 6.92 Å². The maximum atomic E-state index is 11.8. The van der Waals surface area contributed by atoms with Crippen LogP contribution in [0.2, 0.25) is 5.02 Å². The largest absolute Gasteiger partial charge is 0.484 e. The minimum atomic E-state index is -0.515. The van der Waals surface area contributed by atoms with Crippen LogP contribution in [-0.2, 0) is 4.79 Å². The topological polar surface area (TPSA) is 93.5 Å². The molecule has 0 aliphatic carbocycles. The predicted octanol–water partition coefficient (Wildman–Crippen LogP) is 3.45. The van der Waals surface area contributed by atoms with Crippen molar-refractivity contribution < 1.29 is 14.5 Å². The van der Waals surface area contributed by atoms with E-state index in [1.165, 1.54) is 24.3 Å². The minimum Gasteiger partial charge on any atom is -0.484 e. The van der Waals surface area contributed by atoms with Gasteiger partial charge in [-0.2, -0.15) is 0 Å². The molecule has 2 N–H and O–H groups in total.